The van der Waals surface area contributed by atoms with Gasteiger partial charge in [0.25, 0.3) is 0 Å². The first-order chi connectivity index (χ1) is 15.6. The van der Waals surface area contributed by atoms with E-state index in [-0.39, 0.29) is 0 Å². The molecule has 0 spiro atoms. The molecule has 0 saturated heterocycles. The molecule has 0 bridgehead atoms. The van der Waals surface area contributed by atoms with E-state index < -0.39 is 0 Å². The van der Waals surface area contributed by atoms with Crippen LogP contribution in [-0.2, 0) is 19.6 Å². The number of rotatable bonds is 11. The molecule has 0 heterocycles. The van der Waals surface area contributed by atoms with Gasteiger partial charge < -0.3 is 24.3 Å². The molecule has 3 aromatic rings. The van der Waals surface area contributed by atoms with Crippen LogP contribution in [0.5, 0.6) is 23.0 Å². The zero-order valence-electron chi connectivity index (χ0n) is 19.0. The summed E-state index contributed by atoms with van der Waals surface area (Å²) in [7, 11) is 4.96. The minimum Gasteiger partial charge on any atom is -0.493 e. The Kier molecular flexibility index (Phi) is 8.82. The fourth-order valence-corrected chi connectivity index (χ4v) is 3.92. The smallest absolute Gasteiger partial charge is 0.167 e. The highest BCUT2D eigenvalue weighted by molar-refractivity contribution is 9.10. The number of halogens is 1. The standard InChI is InChI=1S/C26H30BrNO4/c1-18-7-5-6-8-20(18)17-32-26-21(22(27)10-12-24(26)30-3)16-28-14-13-19-9-11-23(29-2)25(15-19)31-4/h5-12,15,28H,13-14,16-17H2,1-4H3. The van der Waals surface area contributed by atoms with Gasteiger partial charge in [-0.2, -0.15) is 0 Å². The molecule has 3 rings (SSSR count). The summed E-state index contributed by atoms with van der Waals surface area (Å²) in [5, 5.41) is 3.52. The van der Waals surface area contributed by atoms with Crippen LogP contribution < -0.4 is 24.3 Å². The average molecular weight is 500 g/mol. The van der Waals surface area contributed by atoms with E-state index in [1.54, 1.807) is 21.3 Å². The van der Waals surface area contributed by atoms with E-state index in [1.807, 2.05) is 36.4 Å². The number of methoxy groups -OCH3 is 3. The van der Waals surface area contributed by atoms with Crippen molar-refractivity contribution in [3.05, 3.63) is 81.3 Å². The third-order valence-electron chi connectivity index (χ3n) is 5.36. The lowest BCUT2D eigenvalue weighted by atomic mass is 10.1. The fourth-order valence-electron chi connectivity index (χ4n) is 3.47. The van der Waals surface area contributed by atoms with Crippen molar-refractivity contribution >= 4 is 15.9 Å². The second kappa shape index (κ2) is 11.8. The molecular formula is C26H30BrNO4. The molecule has 0 aliphatic carbocycles. The highest BCUT2D eigenvalue weighted by Crippen LogP contribution is 2.37. The molecule has 3 aromatic carbocycles. The molecule has 0 aliphatic rings. The Labute approximate surface area is 198 Å². The number of hydrogen-bond acceptors (Lipinski definition) is 5. The summed E-state index contributed by atoms with van der Waals surface area (Å²) >= 11 is 3.68. The van der Waals surface area contributed by atoms with Crippen LogP contribution in [-0.4, -0.2) is 27.9 Å². The zero-order chi connectivity index (χ0) is 22.9. The minimum atomic E-state index is 0.484. The lowest BCUT2D eigenvalue weighted by Crippen LogP contribution is -2.18. The van der Waals surface area contributed by atoms with Crippen molar-refractivity contribution in [2.24, 2.45) is 0 Å². The summed E-state index contributed by atoms with van der Waals surface area (Å²) in [6.07, 6.45) is 0.862. The van der Waals surface area contributed by atoms with Crippen LogP contribution in [0.1, 0.15) is 22.3 Å². The fraction of sp³-hybridized carbons (Fsp3) is 0.308. The van der Waals surface area contributed by atoms with E-state index in [2.05, 4.69) is 46.4 Å². The highest BCUT2D eigenvalue weighted by Gasteiger charge is 2.15. The molecule has 0 unspecified atom stereocenters. The van der Waals surface area contributed by atoms with E-state index in [9.17, 15) is 0 Å². The number of nitrogens with one attached hydrogen (secondary N) is 1. The molecule has 0 fully saturated rings. The van der Waals surface area contributed by atoms with Gasteiger partial charge in [-0.05, 0) is 60.8 Å². The van der Waals surface area contributed by atoms with E-state index in [4.69, 9.17) is 18.9 Å². The van der Waals surface area contributed by atoms with Crippen LogP contribution in [0.25, 0.3) is 0 Å². The highest BCUT2D eigenvalue weighted by atomic mass is 79.9. The maximum absolute atomic E-state index is 6.25. The van der Waals surface area contributed by atoms with Crippen molar-refractivity contribution in [1.29, 1.82) is 0 Å². The first-order valence-electron chi connectivity index (χ1n) is 10.5. The summed E-state index contributed by atoms with van der Waals surface area (Å²) in [6, 6.07) is 18.2. The van der Waals surface area contributed by atoms with Crippen LogP contribution in [0.15, 0.2) is 59.1 Å². The molecule has 0 atom stereocenters. The van der Waals surface area contributed by atoms with Crippen molar-refractivity contribution in [2.75, 3.05) is 27.9 Å². The maximum Gasteiger partial charge on any atom is 0.167 e. The van der Waals surface area contributed by atoms with Gasteiger partial charge >= 0.3 is 0 Å². The normalized spacial score (nSPS) is 10.7. The van der Waals surface area contributed by atoms with E-state index in [0.29, 0.717) is 13.2 Å². The van der Waals surface area contributed by atoms with Gasteiger partial charge in [-0.1, -0.05) is 46.3 Å². The molecule has 0 aromatic heterocycles. The van der Waals surface area contributed by atoms with Crippen molar-refractivity contribution in [3.8, 4) is 23.0 Å². The molecule has 32 heavy (non-hydrogen) atoms. The number of hydrogen-bond donors (Lipinski definition) is 1. The molecule has 170 valence electrons. The SMILES string of the molecule is COc1ccc(CCNCc2c(Br)ccc(OC)c2OCc2ccccc2C)cc1OC. The van der Waals surface area contributed by atoms with Gasteiger partial charge in [0.1, 0.15) is 6.61 Å². The first kappa shape index (κ1) is 24.0. The molecule has 0 amide bonds. The minimum absolute atomic E-state index is 0.484. The number of benzene rings is 3. The third kappa shape index (κ3) is 5.96. The first-order valence-corrected chi connectivity index (χ1v) is 11.3. The Balaban J connectivity index is 1.67. The van der Waals surface area contributed by atoms with E-state index in [1.165, 1.54) is 11.1 Å². The summed E-state index contributed by atoms with van der Waals surface area (Å²) in [5.74, 6) is 2.95. The maximum atomic E-state index is 6.25. The molecule has 1 N–H and O–H groups in total. The number of aryl methyl sites for hydroxylation is 1. The quantitative estimate of drug-likeness (QED) is 0.343. The van der Waals surface area contributed by atoms with Crippen molar-refractivity contribution < 1.29 is 18.9 Å². The Morgan fingerprint density at radius 3 is 2.28 bits per heavy atom. The van der Waals surface area contributed by atoms with Gasteiger partial charge in [-0.3, -0.25) is 0 Å². The summed E-state index contributed by atoms with van der Waals surface area (Å²) in [4.78, 5) is 0. The average Bonchev–Trinajstić information content (AvgIpc) is 2.82. The predicted molar refractivity (Wildman–Crippen MR) is 131 cm³/mol. The Hall–Kier alpha value is -2.70. The summed E-state index contributed by atoms with van der Waals surface area (Å²) in [6.45, 7) is 4.02. The zero-order valence-corrected chi connectivity index (χ0v) is 20.6. The van der Waals surface area contributed by atoms with E-state index >= 15 is 0 Å². The van der Waals surface area contributed by atoms with E-state index in [0.717, 1.165) is 51.6 Å². The van der Waals surface area contributed by atoms with Crippen molar-refractivity contribution in [1.82, 2.24) is 5.32 Å². The Bertz CT molecular complexity index is 1040. The van der Waals surface area contributed by atoms with Gasteiger partial charge in [0.2, 0.25) is 0 Å². The second-order valence-electron chi connectivity index (χ2n) is 7.39. The summed E-state index contributed by atoms with van der Waals surface area (Å²) < 4.78 is 23.5. The van der Waals surface area contributed by atoms with Crippen molar-refractivity contribution in [2.45, 2.75) is 26.5 Å². The third-order valence-corrected chi connectivity index (χ3v) is 6.10. The van der Waals surface area contributed by atoms with Crippen LogP contribution in [0.4, 0.5) is 0 Å². The Morgan fingerprint density at radius 1 is 0.844 bits per heavy atom. The molecule has 0 radical (unpaired) electrons. The monoisotopic (exact) mass is 499 g/mol. The molecular weight excluding hydrogens is 470 g/mol. The Morgan fingerprint density at radius 2 is 1.56 bits per heavy atom. The largest absolute Gasteiger partial charge is 0.493 e. The molecule has 0 aliphatic heterocycles. The van der Waals surface area contributed by atoms with Gasteiger partial charge in [0.15, 0.2) is 23.0 Å². The topological polar surface area (TPSA) is 49.0 Å². The van der Waals surface area contributed by atoms with Gasteiger partial charge in [0, 0.05) is 16.6 Å². The summed E-state index contributed by atoms with van der Waals surface area (Å²) in [5.41, 5.74) is 4.57. The van der Waals surface area contributed by atoms with Crippen LogP contribution in [0.3, 0.4) is 0 Å². The second-order valence-corrected chi connectivity index (χ2v) is 8.24. The van der Waals surface area contributed by atoms with Gasteiger partial charge in [0.05, 0.1) is 21.3 Å². The lowest BCUT2D eigenvalue weighted by Gasteiger charge is -2.18. The molecule has 0 saturated carbocycles. The number of ether oxygens (including phenoxy) is 4. The van der Waals surface area contributed by atoms with Crippen LogP contribution >= 0.6 is 15.9 Å². The van der Waals surface area contributed by atoms with Crippen molar-refractivity contribution in [3.63, 3.8) is 0 Å². The van der Waals surface area contributed by atoms with Crippen LogP contribution in [0.2, 0.25) is 0 Å². The van der Waals surface area contributed by atoms with Gasteiger partial charge in [-0.25, -0.2) is 0 Å². The van der Waals surface area contributed by atoms with Gasteiger partial charge in [-0.15, -0.1) is 0 Å². The lowest BCUT2D eigenvalue weighted by molar-refractivity contribution is 0.280. The molecule has 5 nitrogen and oxygen atoms in total. The predicted octanol–water partition coefficient (Wildman–Crippen LogP) is 5.69. The van der Waals surface area contributed by atoms with Crippen LogP contribution in [0, 0.1) is 6.92 Å². The molecule has 6 heteroatoms.